The molecule has 1 aromatic rings. The molecule has 0 bridgehead atoms. The van der Waals surface area contributed by atoms with E-state index in [1.54, 1.807) is 0 Å². The number of rotatable bonds is 4. The largest absolute Gasteiger partial charge is 0.396 e. The van der Waals surface area contributed by atoms with Gasteiger partial charge in [-0.3, -0.25) is 0 Å². The molecule has 0 fully saturated rings. The lowest BCUT2D eigenvalue weighted by molar-refractivity contribution is 0.287. The topological polar surface area (TPSA) is 20.2 Å². The summed E-state index contributed by atoms with van der Waals surface area (Å²) in [5.74, 6) is -1.99. The van der Waals surface area contributed by atoms with E-state index in [0.717, 1.165) is 6.07 Å². The lowest BCUT2D eigenvalue weighted by atomic mass is 10.0. The van der Waals surface area contributed by atoms with Crippen molar-refractivity contribution in [2.75, 3.05) is 6.61 Å². The zero-order valence-electron chi connectivity index (χ0n) is 8.43. The third-order valence-corrected chi connectivity index (χ3v) is 2.19. The zero-order chi connectivity index (χ0) is 11.4. The van der Waals surface area contributed by atoms with Crippen molar-refractivity contribution in [3.8, 4) is 0 Å². The lowest BCUT2D eigenvalue weighted by Crippen LogP contribution is -2.00. The van der Waals surface area contributed by atoms with Crippen molar-refractivity contribution in [3.05, 3.63) is 34.9 Å². The fraction of sp³-hybridized carbons (Fsp3) is 0.455. The van der Waals surface area contributed by atoms with Crippen LogP contribution in [0.3, 0.4) is 0 Å². The average molecular weight is 218 g/mol. The van der Waals surface area contributed by atoms with Crippen molar-refractivity contribution >= 4 is 0 Å². The number of aliphatic hydroxyl groups is 1. The van der Waals surface area contributed by atoms with Crippen LogP contribution in [0.4, 0.5) is 13.2 Å². The lowest BCUT2D eigenvalue weighted by Gasteiger charge is -2.08. The molecule has 0 aliphatic heterocycles. The molecule has 0 radical (unpaired) electrons. The van der Waals surface area contributed by atoms with Crippen molar-refractivity contribution < 1.29 is 18.3 Å². The van der Waals surface area contributed by atoms with Gasteiger partial charge in [-0.15, -0.1) is 0 Å². The number of aryl methyl sites for hydroxylation is 1. The van der Waals surface area contributed by atoms with E-state index in [2.05, 4.69) is 0 Å². The molecule has 1 nitrogen and oxygen atoms in total. The van der Waals surface area contributed by atoms with Crippen LogP contribution < -0.4 is 0 Å². The third-order valence-electron chi connectivity index (χ3n) is 2.19. The van der Waals surface area contributed by atoms with Gasteiger partial charge in [0, 0.05) is 6.61 Å². The summed E-state index contributed by atoms with van der Waals surface area (Å²) in [4.78, 5) is 0. The second kappa shape index (κ2) is 5.16. The molecule has 0 aromatic heterocycles. The van der Waals surface area contributed by atoms with Gasteiger partial charge < -0.3 is 5.11 Å². The normalized spacial score (nSPS) is 12.9. The molecule has 0 spiro atoms. The van der Waals surface area contributed by atoms with E-state index >= 15 is 0 Å². The van der Waals surface area contributed by atoms with Gasteiger partial charge in [-0.05, 0) is 43.0 Å². The van der Waals surface area contributed by atoms with Crippen LogP contribution in [0.25, 0.3) is 0 Å². The highest BCUT2D eigenvalue weighted by Crippen LogP contribution is 2.23. The SMILES string of the molecule is CC(F)c1cc(F)c(F)c(CCCO)c1. The minimum Gasteiger partial charge on any atom is -0.396 e. The van der Waals surface area contributed by atoms with Crippen molar-refractivity contribution in [2.45, 2.75) is 25.9 Å². The predicted octanol–water partition coefficient (Wildman–Crippen LogP) is 2.92. The Kier molecular flexibility index (Phi) is 4.15. The number of alkyl halides is 1. The first kappa shape index (κ1) is 12.0. The smallest absolute Gasteiger partial charge is 0.162 e. The Labute approximate surface area is 86.5 Å². The highest BCUT2D eigenvalue weighted by atomic mass is 19.2. The maximum Gasteiger partial charge on any atom is 0.162 e. The molecular weight excluding hydrogens is 205 g/mol. The number of hydrogen-bond donors (Lipinski definition) is 1. The summed E-state index contributed by atoms with van der Waals surface area (Å²) >= 11 is 0. The second-order valence-corrected chi connectivity index (χ2v) is 3.42. The summed E-state index contributed by atoms with van der Waals surface area (Å²) in [6, 6.07) is 2.17. The molecule has 1 atom stereocenters. The van der Waals surface area contributed by atoms with Crippen LogP contribution in [0.2, 0.25) is 0 Å². The Hall–Kier alpha value is -1.03. The van der Waals surface area contributed by atoms with Crippen LogP contribution in [0.1, 0.15) is 30.6 Å². The van der Waals surface area contributed by atoms with Crippen LogP contribution in [0, 0.1) is 11.6 Å². The Balaban J connectivity index is 3.02. The summed E-state index contributed by atoms with van der Waals surface area (Å²) in [7, 11) is 0. The average Bonchev–Trinajstić information content (AvgIpc) is 2.19. The third kappa shape index (κ3) is 2.96. The quantitative estimate of drug-likeness (QED) is 0.823. The minimum atomic E-state index is -1.33. The van der Waals surface area contributed by atoms with Crippen molar-refractivity contribution in [1.29, 1.82) is 0 Å². The van der Waals surface area contributed by atoms with Gasteiger partial charge in [0.2, 0.25) is 0 Å². The van der Waals surface area contributed by atoms with E-state index in [9.17, 15) is 13.2 Å². The highest BCUT2D eigenvalue weighted by molar-refractivity contribution is 5.27. The van der Waals surface area contributed by atoms with Gasteiger partial charge in [0.1, 0.15) is 6.17 Å². The van der Waals surface area contributed by atoms with Gasteiger partial charge >= 0.3 is 0 Å². The summed E-state index contributed by atoms with van der Waals surface area (Å²) in [5, 5.41) is 8.58. The summed E-state index contributed by atoms with van der Waals surface area (Å²) < 4.78 is 39.1. The molecule has 1 rings (SSSR count). The van der Waals surface area contributed by atoms with Crippen LogP contribution in [-0.4, -0.2) is 11.7 Å². The maximum absolute atomic E-state index is 13.2. The summed E-state index contributed by atoms with van der Waals surface area (Å²) in [6.45, 7) is 1.17. The molecule has 0 saturated carbocycles. The van der Waals surface area contributed by atoms with Crippen molar-refractivity contribution in [1.82, 2.24) is 0 Å². The molecule has 0 aliphatic carbocycles. The first-order valence-corrected chi connectivity index (χ1v) is 4.79. The Morgan fingerprint density at radius 2 is 2.00 bits per heavy atom. The van der Waals surface area contributed by atoms with Gasteiger partial charge in [0.25, 0.3) is 0 Å². The van der Waals surface area contributed by atoms with Crippen LogP contribution >= 0.6 is 0 Å². The molecule has 0 heterocycles. The van der Waals surface area contributed by atoms with E-state index in [-0.39, 0.29) is 24.2 Å². The van der Waals surface area contributed by atoms with E-state index in [1.165, 1.54) is 13.0 Å². The molecular formula is C11H13F3O. The van der Waals surface area contributed by atoms with Crippen LogP contribution in [-0.2, 0) is 6.42 Å². The van der Waals surface area contributed by atoms with E-state index in [1.807, 2.05) is 0 Å². The first-order valence-electron chi connectivity index (χ1n) is 4.79. The molecule has 4 heteroatoms. The first-order chi connectivity index (χ1) is 7.06. The number of halogens is 3. The van der Waals surface area contributed by atoms with E-state index in [4.69, 9.17) is 5.11 Å². The second-order valence-electron chi connectivity index (χ2n) is 3.42. The maximum atomic E-state index is 13.2. The van der Waals surface area contributed by atoms with E-state index < -0.39 is 17.8 Å². The highest BCUT2D eigenvalue weighted by Gasteiger charge is 2.13. The van der Waals surface area contributed by atoms with Gasteiger partial charge in [-0.2, -0.15) is 0 Å². The summed E-state index contributed by atoms with van der Waals surface area (Å²) in [5.41, 5.74) is 0.241. The fourth-order valence-corrected chi connectivity index (χ4v) is 1.35. The van der Waals surface area contributed by atoms with E-state index in [0.29, 0.717) is 6.42 Å². The van der Waals surface area contributed by atoms with Gasteiger partial charge in [-0.25, -0.2) is 13.2 Å². The molecule has 15 heavy (non-hydrogen) atoms. The van der Waals surface area contributed by atoms with Crippen LogP contribution in [0.15, 0.2) is 12.1 Å². The van der Waals surface area contributed by atoms with Gasteiger partial charge in [-0.1, -0.05) is 0 Å². The molecule has 84 valence electrons. The fourth-order valence-electron chi connectivity index (χ4n) is 1.35. The van der Waals surface area contributed by atoms with Crippen molar-refractivity contribution in [3.63, 3.8) is 0 Å². The Bertz CT molecular complexity index is 337. The van der Waals surface area contributed by atoms with Gasteiger partial charge in [0.05, 0.1) is 0 Å². The Morgan fingerprint density at radius 1 is 1.33 bits per heavy atom. The molecule has 1 N–H and O–H groups in total. The standard InChI is InChI=1S/C11H13F3O/c1-7(12)9-5-8(3-2-4-15)11(14)10(13)6-9/h5-7,15H,2-4H2,1H3. The number of aliphatic hydroxyl groups excluding tert-OH is 1. The molecule has 0 amide bonds. The molecule has 0 aliphatic rings. The molecule has 1 unspecified atom stereocenters. The Morgan fingerprint density at radius 3 is 2.53 bits per heavy atom. The van der Waals surface area contributed by atoms with Gasteiger partial charge in [0.15, 0.2) is 11.6 Å². The minimum absolute atomic E-state index is 0.101. The predicted molar refractivity (Wildman–Crippen MR) is 51.3 cm³/mol. The summed E-state index contributed by atoms with van der Waals surface area (Å²) in [6.07, 6.45) is -0.784. The van der Waals surface area contributed by atoms with Crippen molar-refractivity contribution in [2.24, 2.45) is 0 Å². The molecule has 0 saturated heterocycles. The molecule has 1 aromatic carbocycles. The number of benzene rings is 1. The monoisotopic (exact) mass is 218 g/mol. The zero-order valence-corrected chi connectivity index (χ0v) is 8.43. The number of hydrogen-bond acceptors (Lipinski definition) is 1. The van der Waals surface area contributed by atoms with Crippen LogP contribution in [0.5, 0.6) is 0 Å².